The van der Waals surface area contributed by atoms with E-state index >= 15 is 0 Å². The van der Waals surface area contributed by atoms with Gasteiger partial charge in [-0.1, -0.05) is 47.1 Å². The summed E-state index contributed by atoms with van der Waals surface area (Å²) in [6.07, 6.45) is 0.0518. The van der Waals surface area contributed by atoms with E-state index in [1.54, 1.807) is 12.1 Å². The molecule has 0 spiro atoms. The molecule has 0 bridgehead atoms. The van der Waals surface area contributed by atoms with Crippen LogP contribution in [0.5, 0.6) is 0 Å². The van der Waals surface area contributed by atoms with Crippen LogP contribution < -0.4 is 5.23 Å². The topological polar surface area (TPSA) is 109 Å². The Hall–Kier alpha value is -2.78. The van der Waals surface area contributed by atoms with Gasteiger partial charge >= 0.3 is 0 Å². The molecule has 8 nitrogen and oxygen atoms in total. The molecule has 2 aromatic carbocycles. The molecule has 2 N–H and O–H groups in total. The lowest BCUT2D eigenvalue weighted by Gasteiger charge is -2.21. The van der Waals surface area contributed by atoms with Crippen LogP contribution in [0.25, 0.3) is 11.4 Å². The van der Waals surface area contributed by atoms with Gasteiger partial charge in [-0.25, -0.2) is 0 Å². The predicted octanol–water partition coefficient (Wildman–Crippen LogP) is 3.05. The van der Waals surface area contributed by atoms with Gasteiger partial charge < -0.3 is 20.1 Å². The molecule has 2 atom stereocenters. The lowest BCUT2D eigenvalue weighted by Crippen LogP contribution is -2.24. The van der Waals surface area contributed by atoms with Crippen LogP contribution in [0.4, 0.5) is 5.69 Å². The van der Waals surface area contributed by atoms with E-state index in [4.69, 9.17) is 9.73 Å². The fraction of sp³-hybridized carbons (Fsp3) is 0.300. The average Bonchev–Trinajstić information content (AvgIpc) is 3.30. The third-order valence-electron chi connectivity index (χ3n) is 4.94. The zero-order chi connectivity index (χ0) is 19.7. The minimum absolute atomic E-state index is 0.0844. The second kappa shape index (κ2) is 7.69. The summed E-state index contributed by atoms with van der Waals surface area (Å²) in [6.45, 7) is 3.25. The summed E-state index contributed by atoms with van der Waals surface area (Å²) in [6, 6.07) is 14.4. The van der Waals surface area contributed by atoms with Crippen molar-refractivity contribution in [3.8, 4) is 11.4 Å². The molecule has 0 saturated carbocycles. The summed E-state index contributed by atoms with van der Waals surface area (Å²) in [5.74, 6) is 0.752. The van der Waals surface area contributed by atoms with Crippen molar-refractivity contribution in [2.24, 2.45) is 0 Å². The molecule has 28 heavy (non-hydrogen) atoms. The van der Waals surface area contributed by atoms with Gasteiger partial charge in [0.1, 0.15) is 0 Å². The molecule has 1 aliphatic rings. The van der Waals surface area contributed by atoms with Gasteiger partial charge in [0.25, 0.3) is 0 Å². The van der Waals surface area contributed by atoms with Gasteiger partial charge in [0.2, 0.25) is 11.7 Å². The Morgan fingerprint density at radius 2 is 2.04 bits per heavy atom. The van der Waals surface area contributed by atoms with Gasteiger partial charge in [-0.05, 0) is 31.0 Å². The molecule has 146 valence electrons. The van der Waals surface area contributed by atoms with E-state index in [9.17, 15) is 10.3 Å². The summed E-state index contributed by atoms with van der Waals surface area (Å²) < 4.78 is 5.47. The van der Waals surface area contributed by atoms with E-state index in [0.717, 1.165) is 5.56 Å². The summed E-state index contributed by atoms with van der Waals surface area (Å²) >= 11 is 0. The Morgan fingerprint density at radius 1 is 1.25 bits per heavy atom. The molecule has 0 radical (unpaired) electrons. The quantitative estimate of drug-likeness (QED) is 0.649. The number of aryl methyl sites for hydroxylation is 1. The highest BCUT2D eigenvalue weighted by Gasteiger charge is 2.35. The first kappa shape index (κ1) is 18.6. The Labute approximate surface area is 162 Å². The van der Waals surface area contributed by atoms with E-state index < -0.39 is 6.10 Å². The summed E-state index contributed by atoms with van der Waals surface area (Å²) in [7, 11) is 0. The molecule has 1 aromatic heterocycles. The van der Waals surface area contributed by atoms with Crippen molar-refractivity contribution < 1.29 is 14.8 Å². The molecule has 1 fully saturated rings. The first-order chi connectivity index (χ1) is 13.5. The lowest BCUT2D eigenvalue weighted by molar-refractivity contribution is 0.169. The first-order valence-electron chi connectivity index (χ1n) is 9.07. The molecule has 0 aliphatic carbocycles. The van der Waals surface area contributed by atoms with Gasteiger partial charge in [0.05, 0.1) is 17.8 Å². The zero-order valence-electron chi connectivity index (χ0n) is 15.4. The highest BCUT2D eigenvalue weighted by atomic mass is 16.8. The van der Waals surface area contributed by atoms with Gasteiger partial charge in [-0.2, -0.15) is 4.98 Å². The SMILES string of the molecule is Cc1ccc(CN2C[C@H](O)C[C@H]2c2nc(-c3cccc(N([O-])O)c3)no2)cc1. The van der Waals surface area contributed by atoms with Gasteiger partial charge in [-0.15, -0.1) is 0 Å². The number of anilines is 1. The third-order valence-corrected chi connectivity index (χ3v) is 4.94. The van der Waals surface area contributed by atoms with Crippen molar-refractivity contribution in [1.29, 1.82) is 0 Å². The predicted molar refractivity (Wildman–Crippen MR) is 102 cm³/mol. The van der Waals surface area contributed by atoms with E-state index in [2.05, 4.69) is 39.3 Å². The Kier molecular flexibility index (Phi) is 5.10. The molecule has 0 unspecified atom stereocenters. The molecule has 1 saturated heterocycles. The molecule has 1 aliphatic heterocycles. The Balaban J connectivity index is 1.56. The van der Waals surface area contributed by atoms with Gasteiger partial charge in [0, 0.05) is 18.7 Å². The maximum absolute atomic E-state index is 11.1. The number of likely N-dealkylation sites (tertiary alicyclic amines) is 1. The van der Waals surface area contributed by atoms with Crippen LogP contribution in [0, 0.1) is 12.1 Å². The molecule has 8 heteroatoms. The van der Waals surface area contributed by atoms with E-state index in [1.165, 1.54) is 17.7 Å². The summed E-state index contributed by atoms with van der Waals surface area (Å²) in [5, 5.41) is 34.1. The Morgan fingerprint density at radius 3 is 2.79 bits per heavy atom. The zero-order valence-corrected chi connectivity index (χ0v) is 15.4. The third kappa shape index (κ3) is 3.90. The number of hydrogen-bond donors (Lipinski definition) is 2. The second-order valence-corrected chi connectivity index (χ2v) is 7.10. The van der Waals surface area contributed by atoms with E-state index in [1.807, 2.05) is 6.92 Å². The lowest BCUT2D eigenvalue weighted by atomic mass is 10.1. The first-order valence-corrected chi connectivity index (χ1v) is 9.07. The number of hydrogen-bond acceptors (Lipinski definition) is 8. The minimum Gasteiger partial charge on any atom is -0.733 e. The summed E-state index contributed by atoms with van der Waals surface area (Å²) in [4.78, 5) is 6.59. The monoisotopic (exact) mass is 381 g/mol. The second-order valence-electron chi connectivity index (χ2n) is 7.10. The van der Waals surface area contributed by atoms with Crippen molar-refractivity contribution >= 4 is 5.69 Å². The number of nitrogens with zero attached hydrogens (tertiary/aromatic N) is 4. The number of aromatic nitrogens is 2. The van der Waals surface area contributed by atoms with Crippen LogP contribution in [0.3, 0.4) is 0 Å². The van der Waals surface area contributed by atoms with Crippen LogP contribution in [0.15, 0.2) is 53.1 Å². The van der Waals surface area contributed by atoms with Crippen LogP contribution in [0.2, 0.25) is 0 Å². The number of rotatable bonds is 5. The number of benzene rings is 2. The van der Waals surface area contributed by atoms with Crippen molar-refractivity contribution in [3.05, 3.63) is 70.8 Å². The Bertz CT molecular complexity index is 941. The summed E-state index contributed by atoms with van der Waals surface area (Å²) in [5.41, 5.74) is 2.99. The van der Waals surface area contributed by atoms with Crippen LogP contribution >= 0.6 is 0 Å². The van der Waals surface area contributed by atoms with Crippen molar-refractivity contribution in [3.63, 3.8) is 0 Å². The fourth-order valence-electron chi connectivity index (χ4n) is 3.49. The van der Waals surface area contributed by atoms with Crippen LogP contribution in [-0.2, 0) is 6.54 Å². The van der Waals surface area contributed by atoms with Crippen LogP contribution in [0.1, 0.15) is 29.5 Å². The molecule has 4 rings (SSSR count). The van der Waals surface area contributed by atoms with Crippen molar-refractivity contribution in [2.45, 2.75) is 32.0 Å². The molecular weight excluding hydrogens is 360 g/mol. The largest absolute Gasteiger partial charge is 0.733 e. The standard InChI is InChI=1S/C20H21N4O4/c1-13-5-7-14(8-6-13)11-23-12-17(25)10-18(23)20-21-19(22-28-20)15-3-2-4-16(9-15)24(26)27/h2-9,17-18,25-26H,10-12H2,1H3/q-1/t17-,18+/m1/s1. The molecule has 0 amide bonds. The van der Waals surface area contributed by atoms with Gasteiger partial charge in [0.15, 0.2) is 0 Å². The molecule has 2 heterocycles. The number of aliphatic hydroxyl groups is 1. The van der Waals surface area contributed by atoms with E-state index in [0.29, 0.717) is 36.8 Å². The van der Waals surface area contributed by atoms with Crippen molar-refractivity contribution in [1.82, 2.24) is 15.0 Å². The highest BCUT2D eigenvalue weighted by molar-refractivity contribution is 5.62. The average molecular weight is 381 g/mol. The molecule has 3 aromatic rings. The van der Waals surface area contributed by atoms with E-state index in [-0.39, 0.29) is 17.0 Å². The van der Waals surface area contributed by atoms with Crippen LogP contribution in [-0.4, -0.2) is 38.0 Å². The number of β-amino-alcohol motifs (C(OH)–C–C–N with tert-alkyl or cyclic N) is 1. The fourth-order valence-corrected chi connectivity index (χ4v) is 3.49. The normalized spacial score (nSPS) is 19.9. The maximum Gasteiger partial charge on any atom is 0.244 e. The maximum atomic E-state index is 11.1. The number of aliphatic hydroxyl groups excluding tert-OH is 1. The van der Waals surface area contributed by atoms with Gasteiger partial charge in [-0.3, -0.25) is 10.1 Å². The smallest absolute Gasteiger partial charge is 0.244 e. The highest BCUT2D eigenvalue weighted by Crippen LogP contribution is 2.34. The molecular formula is C20H21N4O4-. The van der Waals surface area contributed by atoms with Crippen molar-refractivity contribution in [2.75, 3.05) is 11.8 Å². The minimum atomic E-state index is -0.461.